The third kappa shape index (κ3) is 2.85. The summed E-state index contributed by atoms with van der Waals surface area (Å²) < 4.78 is 0. The zero-order valence-corrected chi connectivity index (χ0v) is 13.7. The Morgan fingerprint density at radius 3 is 2.42 bits per heavy atom. The maximum absolute atomic E-state index is 12.6. The van der Waals surface area contributed by atoms with E-state index in [0.717, 1.165) is 16.7 Å². The lowest BCUT2D eigenvalue weighted by molar-refractivity contribution is 0.0852. The number of amides is 1. The summed E-state index contributed by atoms with van der Waals surface area (Å²) in [5.74, 6) is 2.70. The van der Waals surface area contributed by atoms with Crippen LogP contribution in [0.4, 0.5) is 0 Å². The van der Waals surface area contributed by atoms with Gasteiger partial charge in [0.05, 0.1) is 12.1 Å². The van der Waals surface area contributed by atoms with Crippen LogP contribution in [0.5, 0.6) is 11.5 Å². The van der Waals surface area contributed by atoms with Gasteiger partial charge in [0.25, 0.3) is 5.91 Å². The minimum absolute atomic E-state index is 0.0479. The Balaban J connectivity index is 1.65. The number of pyridine rings is 1. The van der Waals surface area contributed by atoms with Crippen LogP contribution in [0, 0.1) is 12.0 Å². The fourth-order valence-corrected chi connectivity index (χ4v) is 2.91. The molecule has 1 aromatic heterocycles. The first-order valence-corrected chi connectivity index (χ1v) is 8.00. The van der Waals surface area contributed by atoms with Crippen molar-refractivity contribution in [1.29, 1.82) is 0 Å². The number of phenolic OH excluding ortho intramolecular Hbond substituents is 2. The summed E-state index contributed by atoms with van der Waals surface area (Å²) in [4.78, 5) is 17.9. The minimum atomic E-state index is -0.315. The van der Waals surface area contributed by atoms with Gasteiger partial charge >= 0.3 is 0 Å². The normalized spacial score (nSPS) is 12.5. The molecule has 1 amide bonds. The highest BCUT2D eigenvalue weighted by atomic mass is 16.3. The molecule has 0 saturated carbocycles. The largest absolute Gasteiger partial charge is 0.508 e. The molecule has 2 aromatic carbocycles. The highest BCUT2D eigenvalue weighted by Gasteiger charge is 2.30. The molecule has 4 rings (SSSR count). The molecule has 5 nitrogen and oxygen atoms in total. The molecule has 0 aliphatic carbocycles. The predicted molar refractivity (Wildman–Crippen MR) is 96.2 cm³/mol. The van der Waals surface area contributed by atoms with Gasteiger partial charge in [-0.25, -0.2) is 0 Å². The van der Waals surface area contributed by atoms with Crippen LogP contribution in [0.2, 0.25) is 0 Å². The molecule has 0 radical (unpaired) electrons. The molecule has 2 heterocycles. The highest BCUT2D eigenvalue weighted by molar-refractivity contribution is 6.02. The summed E-state index contributed by atoms with van der Waals surface area (Å²) in [6.45, 7) is 0.311. The number of aromatic nitrogens is 1. The second kappa shape index (κ2) is 6.26. The number of hydrogen-bond acceptors (Lipinski definition) is 4. The number of nitrogens with zero attached hydrogens (tertiary/aromatic N) is 2. The van der Waals surface area contributed by atoms with Gasteiger partial charge in [-0.2, -0.15) is 0 Å². The topological polar surface area (TPSA) is 73.7 Å². The molecular formula is C21H14N2O3. The van der Waals surface area contributed by atoms with E-state index in [1.165, 1.54) is 17.0 Å². The van der Waals surface area contributed by atoms with E-state index in [0.29, 0.717) is 17.7 Å². The Bertz CT molecular complexity index is 1050. The van der Waals surface area contributed by atoms with Gasteiger partial charge in [-0.15, -0.1) is 0 Å². The Kier molecular flexibility index (Phi) is 3.79. The number of aromatic hydroxyl groups is 2. The first-order chi connectivity index (χ1) is 12.6. The Morgan fingerprint density at radius 2 is 1.69 bits per heavy atom. The zero-order chi connectivity index (χ0) is 18.1. The molecule has 2 N–H and O–H groups in total. The van der Waals surface area contributed by atoms with E-state index in [9.17, 15) is 15.0 Å². The van der Waals surface area contributed by atoms with Crippen molar-refractivity contribution in [2.24, 2.45) is 0 Å². The lowest BCUT2D eigenvalue weighted by Crippen LogP contribution is -2.17. The second-order valence-electron chi connectivity index (χ2n) is 5.94. The van der Waals surface area contributed by atoms with Crippen molar-refractivity contribution in [1.82, 2.24) is 9.88 Å². The Hall–Kier alpha value is -3.78. The van der Waals surface area contributed by atoms with Gasteiger partial charge in [0.15, 0.2) is 0 Å². The molecule has 0 atom stereocenters. The zero-order valence-electron chi connectivity index (χ0n) is 13.7. The van der Waals surface area contributed by atoms with Gasteiger partial charge in [-0.3, -0.25) is 14.7 Å². The number of hydrogen-bond donors (Lipinski definition) is 2. The molecule has 0 saturated heterocycles. The van der Waals surface area contributed by atoms with Gasteiger partial charge in [0, 0.05) is 24.0 Å². The summed E-state index contributed by atoms with van der Waals surface area (Å²) in [6, 6.07) is 16.4. The van der Waals surface area contributed by atoms with Crippen LogP contribution in [0.1, 0.15) is 21.5 Å². The fraction of sp³-hybridized carbons (Fsp3) is 0.0476. The SMILES string of the molecule is O=C1c2c(O)cc(-c3ccncc3)cc2CN1C#Cc1ccc(O)cc1. The fourth-order valence-electron chi connectivity index (χ4n) is 2.91. The number of phenols is 2. The number of carbonyl (C=O) groups excluding carboxylic acids is 1. The third-order valence-corrected chi connectivity index (χ3v) is 4.20. The van der Waals surface area contributed by atoms with Gasteiger partial charge in [0.1, 0.15) is 11.5 Å². The second-order valence-corrected chi connectivity index (χ2v) is 5.94. The van der Waals surface area contributed by atoms with Gasteiger partial charge < -0.3 is 10.2 Å². The molecule has 0 unspecified atom stereocenters. The summed E-state index contributed by atoms with van der Waals surface area (Å²) >= 11 is 0. The minimum Gasteiger partial charge on any atom is -0.508 e. The van der Waals surface area contributed by atoms with Crippen LogP contribution in [0.25, 0.3) is 11.1 Å². The molecule has 1 aliphatic heterocycles. The number of rotatable bonds is 1. The Morgan fingerprint density at radius 1 is 0.962 bits per heavy atom. The maximum Gasteiger partial charge on any atom is 0.269 e. The number of carbonyl (C=O) groups is 1. The van der Waals surface area contributed by atoms with Crippen LogP contribution >= 0.6 is 0 Å². The van der Waals surface area contributed by atoms with Crippen molar-refractivity contribution < 1.29 is 15.0 Å². The third-order valence-electron chi connectivity index (χ3n) is 4.20. The van der Waals surface area contributed by atoms with Gasteiger partial charge in [-0.1, -0.05) is 0 Å². The lowest BCUT2D eigenvalue weighted by atomic mass is 10.0. The number of benzene rings is 2. The molecule has 126 valence electrons. The molecule has 0 spiro atoms. The van der Waals surface area contributed by atoms with E-state index in [2.05, 4.69) is 16.9 Å². The highest BCUT2D eigenvalue weighted by Crippen LogP contribution is 2.34. The van der Waals surface area contributed by atoms with E-state index < -0.39 is 0 Å². The van der Waals surface area contributed by atoms with Crippen molar-refractivity contribution in [3.8, 4) is 34.6 Å². The van der Waals surface area contributed by atoms with Crippen molar-refractivity contribution in [2.45, 2.75) is 6.54 Å². The first kappa shape index (κ1) is 15.7. The summed E-state index contributed by atoms with van der Waals surface area (Å²) in [5.41, 5.74) is 3.46. The predicted octanol–water partition coefficient (Wildman–Crippen LogP) is 3.12. The van der Waals surface area contributed by atoms with Gasteiger partial charge in [-0.05, 0) is 71.1 Å². The molecule has 1 aliphatic rings. The summed E-state index contributed by atoms with van der Waals surface area (Å²) in [6.07, 6.45) is 3.36. The summed E-state index contributed by atoms with van der Waals surface area (Å²) in [5, 5.41) is 19.6. The van der Waals surface area contributed by atoms with Crippen LogP contribution in [-0.2, 0) is 6.54 Å². The average Bonchev–Trinajstić information content (AvgIpc) is 2.98. The van der Waals surface area contributed by atoms with E-state index in [1.54, 1.807) is 30.6 Å². The molecule has 5 heteroatoms. The summed E-state index contributed by atoms with van der Waals surface area (Å²) in [7, 11) is 0. The smallest absolute Gasteiger partial charge is 0.269 e. The van der Waals surface area contributed by atoms with E-state index >= 15 is 0 Å². The lowest BCUT2D eigenvalue weighted by Gasteiger charge is -2.05. The molecule has 0 fully saturated rings. The van der Waals surface area contributed by atoms with Crippen LogP contribution in [-0.4, -0.2) is 26.0 Å². The molecule has 3 aromatic rings. The van der Waals surface area contributed by atoms with Crippen molar-refractivity contribution in [3.05, 3.63) is 77.6 Å². The maximum atomic E-state index is 12.6. The number of fused-ring (bicyclic) bond motifs is 1. The molecular weight excluding hydrogens is 328 g/mol. The van der Waals surface area contributed by atoms with Crippen molar-refractivity contribution in [2.75, 3.05) is 0 Å². The van der Waals surface area contributed by atoms with Crippen molar-refractivity contribution >= 4 is 5.91 Å². The van der Waals surface area contributed by atoms with Gasteiger partial charge in [0.2, 0.25) is 0 Å². The Labute approximate surface area is 150 Å². The van der Waals surface area contributed by atoms with Crippen molar-refractivity contribution in [3.63, 3.8) is 0 Å². The quantitative estimate of drug-likeness (QED) is 0.667. The van der Waals surface area contributed by atoms with Crippen LogP contribution in [0.3, 0.4) is 0 Å². The first-order valence-electron chi connectivity index (χ1n) is 8.00. The average molecular weight is 342 g/mol. The van der Waals surface area contributed by atoms with E-state index in [4.69, 9.17) is 0 Å². The monoisotopic (exact) mass is 342 g/mol. The van der Waals surface area contributed by atoms with Crippen LogP contribution in [0.15, 0.2) is 60.9 Å². The molecule has 26 heavy (non-hydrogen) atoms. The van der Waals surface area contributed by atoms with E-state index in [1.807, 2.05) is 18.2 Å². The standard InChI is InChI=1S/C21H14N2O3/c24-18-3-1-14(2-4-18)7-10-23-13-17-11-16(15-5-8-22-9-6-15)12-19(25)20(17)21(23)26/h1-6,8-9,11-12,24-25H,13H2. The van der Waals surface area contributed by atoms with Crippen LogP contribution < -0.4 is 0 Å². The van der Waals surface area contributed by atoms with E-state index in [-0.39, 0.29) is 17.4 Å². The molecule has 0 bridgehead atoms.